The molecule has 7 heteroatoms. The van der Waals surface area contributed by atoms with Crippen molar-refractivity contribution in [2.75, 3.05) is 11.7 Å². The van der Waals surface area contributed by atoms with Crippen molar-refractivity contribution in [2.24, 2.45) is 5.84 Å². The monoisotopic (exact) mass is 305 g/mol. The number of hydrogen-bond acceptors (Lipinski definition) is 6. The van der Waals surface area contributed by atoms with E-state index < -0.39 is 4.92 Å². The first kappa shape index (κ1) is 15.1. The molecule has 0 radical (unpaired) electrons. The fraction of sp³-hybridized carbons (Fsp3) is 0.143. The molecule has 110 valence electrons. The van der Waals surface area contributed by atoms with Gasteiger partial charge in [-0.1, -0.05) is 0 Å². The second kappa shape index (κ2) is 6.96. The Hall–Kier alpha value is -2.25. The lowest BCUT2D eigenvalue weighted by atomic mass is 10.1. The summed E-state index contributed by atoms with van der Waals surface area (Å²) in [6.45, 7) is 0.194. The van der Waals surface area contributed by atoms with Gasteiger partial charge >= 0.3 is 0 Å². The van der Waals surface area contributed by atoms with Gasteiger partial charge in [0.25, 0.3) is 5.69 Å². The van der Waals surface area contributed by atoms with Crippen LogP contribution in [0, 0.1) is 10.1 Å². The summed E-state index contributed by atoms with van der Waals surface area (Å²) in [4.78, 5) is 11.5. The third-order valence-electron chi connectivity index (χ3n) is 2.91. The van der Waals surface area contributed by atoms with Gasteiger partial charge in [-0.2, -0.15) is 0 Å². The molecular weight excluding hydrogens is 290 g/mol. The summed E-state index contributed by atoms with van der Waals surface area (Å²) in [6, 6.07) is 12.0. The van der Waals surface area contributed by atoms with Crippen molar-refractivity contribution in [2.45, 2.75) is 11.5 Å². The maximum absolute atomic E-state index is 10.8. The average Bonchev–Trinajstić information content (AvgIpc) is 2.53. The number of anilines is 1. The maximum atomic E-state index is 10.8. The van der Waals surface area contributed by atoms with Crippen molar-refractivity contribution in [3.05, 3.63) is 58.1 Å². The zero-order chi connectivity index (χ0) is 15.2. The molecule has 0 fully saturated rings. The normalized spacial score (nSPS) is 10.2. The van der Waals surface area contributed by atoms with Crippen LogP contribution in [0.4, 0.5) is 11.4 Å². The molecule has 0 saturated heterocycles. The summed E-state index contributed by atoms with van der Waals surface area (Å²) in [7, 11) is 0. The van der Waals surface area contributed by atoms with Crippen molar-refractivity contribution in [3.63, 3.8) is 0 Å². The molecule has 0 aliphatic carbocycles. The van der Waals surface area contributed by atoms with Crippen LogP contribution in [0.1, 0.15) is 5.56 Å². The van der Waals surface area contributed by atoms with Gasteiger partial charge in [0.2, 0.25) is 0 Å². The SMILES string of the molecule is CSc1ccc(OCc2cc([N+](=O)[O-])ccc2NN)cc1. The Kier molecular flexibility index (Phi) is 5.02. The number of nitrogens with two attached hydrogens (primary N) is 1. The zero-order valence-corrected chi connectivity index (χ0v) is 12.2. The van der Waals surface area contributed by atoms with Crippen molar-refractivity contribution in [1.82, 2.24) is 0 Å². The van der Waals surface area contributed by atoms with E-state index in [4.69, 9.17) is 10.6 Å². The lowest BCUT2D eigenvalue weighted by molar-refractivity contribution is -0.384. The lowest BCUT2D eigenvalue weighted by Crippen LogP contribution is -2.10. The Balaban J connectivity index is 2.13. The molecule has 0 bridgehead atoms. The minimum atomic E-state index is -0.447. The highest BCUT2D eigenvalue weighted by Gasteiger charge is 2.11. The van der Waals surface area contributed by atoms with Gasteiger partial charge in [-0.25, -0.2) is 0 Å². The maximum Gasteiger partial charge on any atom is 0.269 e. The first-order valence-corrected chi connectivity index (χ1v) is 7.37. The minimum absolute atomic E-state index is 0.00494. The number of nitrogens with one attached hydrogen (secondary N) is 1. The highest BCUT2D eigenvalue weighted by Crippen LogP contribution is 2.24. The second-order valence-corrected chi connectivity index (χ2v) is 5.09. The average molecular weight is 305 g/mol. The standard InChI is InChI=1S/C14H15N3O3S/c1-21-13-5-3-12(4-6-13)20-9-10-8-11(17(18)19)2-7-14(10)16-15/h2-8,16H,9,15H2,1H3. The number of hydrogen-bond donors (Lipinski definition) is 2. The molecular formula is C14H15N3O3S. The Morgan fingerprint density at radius 1 is 1.29 bits per heavy atom. The Morgan fingerprint density at radius 3 is 2.57 bits per heavy atom. The van der Waals surface area contributed by atoms with E-state index in [0.717, 1.165) is 4.90 Å². The largest absolute Gasteiger partial charge is 0.489 e. The van der Waals surface area contributed by atoms with E-state index in [1.165, 1.54) is 12.1 Å². The predicted octanol–water partition coefficient (Wildman–Crippen LogP) is 3.18. The van der Waals surface area contributed by atoms with Crippen LogP contribution in [0.15, 0.2) is 47.4 Å². The van der Waals surface area contributed by atoms with Gasteiger partial charge in [0.1, 0.15) is 12.4 Å². The highest BCUT2D eigenvalue weighted by atomic mass is 32.2. The molecule has 0 aliphatic heterocycles. The van der Waals surface area contributed by atoms with Crippen molar-refractivity contribution in [3.8, 4) is 5.75 Å². The first-order chi connectivity index (χ1) is 10.1. The number of nitro groups is 1. The molecule has 21 heavy (non-hydrogen) atoms. The van der Waals surface area contributed by atoms with Gasteiger partial charge < -0.3 is 10.2 Å². The summed E-state index contributed by atoms with van der Waals surface area (Å²) in [5.74, 6) is 6.10. The molecule has 0 aliphatic rings. The summed E-state index contributed by atoms with van der Waals surface area (Å²) >= 11 is 1.65. The number of nitrogen functional groups attached to an aromatic ring is 1. The summed E-state index contributed by atoms with van der Waals surface area (Å²) < 4.78 is 5.64. The van der Waals surface area contributed by atoms with Crippen LogP contribution in [0.25, 0.3) is 0 Å². The number of nitrogens with zero attached hydrogens (tertiary/aromatic N) is 1. The summed E-state index contributed by atoms with van der Waals surface area (Å²) in [5, 5.41) is 10.8. The van der Waals surface area contributed by atoms with E-state index in [-0.39, 0.29) is 12.3 Å². The number of nitro benzene ring substituents is 1. The minimum Gasteiger partial charge on any atom is -0.489 e. The molecule has 0 unspecified atom stereocenters. The molecule has 2 aromatic carbocycles. The lowest BCUT2D eigenvalue weighted by Gasteiger charge is -2.11. The third-order valence-corrected chi connectivity index (χ3v) is 3.65. The number of rotatable bonds is 6. The number of thioether (sulfide) groups is 1. The Bertz CT molecular complexity index is 632. The van der Waals surface area contributed by atoms with E-state index in [1.54, 1.807) is 17.8 Å². The van der Waals surface area contributed by atoms with E-state index in [1.807, 2.05) is 30.5 Å². The van der Waals surface area contributed by atoms with Gasteiger partial charge in [-0.15, -0.1) is 11.8 Å². The van der Waals surface area contributed by atoms with Crippen LogP contribution in [0.5, 0.6) is 5.75 Å². The molecule has 0 aromatic heterocycles. The quantitative estimate of drug-likeness (QED) is 0.369. The van der Waals surface area contributed by atoms with Crippen LogP contribution < -0.4 is 16.0 Å². The van der Waals surface area contributed by atoms with E-state index in [2.05, 4.69) is 5.43 Å². The van der Waals surface area contributed by atoms with Gasteiger partial charge in [0.05, 0.1) is 10.6 Å². The van der Waals surface area contributed by atoms with Crippen LogP contribution in [0.3, 0.4) is 0 Å². The van der Waals surface area contributed by atoms with Crippen LogP contribution in [-0.2, 0) is 6.61 Å². The number of benzene rings is 2. The second-order valence-electron chi connectivity index (χ2n) is 4.21. The molecule has 0 spiro atoms. The smallest absolute Gasteiger partial charge is 0.269 e. The molecule has 0 amide bonds. The first-order valence-electron chi connectivity index (χ1n) is 6.15. The molecule has 0 saturated carbocycles. The Morgan fingerprint density at radius 2 is 2.00 bits per heavy atom. The van der Waals surface area contributed by atoms with E-state index in [9.17, 15) is 10.1 Å². The van der Waals surface area contributed by atoms with Gasteiger partial charge in [-0.3, -0.25) is 16.0 Å². The number of non-ortho nitro benzene ring substituents is 1. The van der Waals surface area contributed by atoms with Crippen LogP contribution in [-0.4, -0.2) is 11.2 Å². The summed E-state index contributed by atoms with van der Waals surface area (Å²) in [5.41, 5.74) is 3.74. The van der Waals surface area contributed by atoms with Crippen LogP contribution >= 0.6 is 11.8 Å². The topological polar surface area (TPSA) is 90.4 Å². The van der Waals surface area contributed by atoms with Crippen molar-refractivity contribution < 1.29 is 9.66 Å². The fourth-order valence-corrected chi connectivity index (χ4v) is 2.20. The van der Waals surface area contributed by atoms with Gasteiger partial charge in [0.15, 0.2) is 0 Å². The van der Waals surface area contributed by atoms with Crippen molar-refractivity contribution >= 4 is 23.1 Å². The molecule has 0 heterocycles. The van der Waals surface area contributed by atoms with Gasteiger partial charge in [0, 0.05) is 22.6 Å². The zero-order valence-electron chi connectivity index (χ0n) is 11.4. The predicted molar refractivity (Wildman–Crippen MR) is 83.5 cm³/mol. The number of ether oxygens (including phenoxy) is 1. The molecule has 2 rings (SSSR count). The van der Waals surface area contributed by atoms with E-state index >= 15 is 0 Å². The Labute approximate surface area is 126 Å². The number of hydrazine groups is 1. The van der Waals surface area contributed by atoms with Crippen molar-refractivity contribution in [1.29, 1.82) is 0 Å². The van der Waals surface area contributed by atoms with E-state index in [0.29, 0.717) is 17.0 Å². The highest BCUT2D eigenvalue weighted by molar-refractivity contribution is 7.98. The molecule has 6 nitrogen and oxygen atoms in total. The fourth-order valence-electron chi connectivity index (χ4n) is 1.79. The van der Waals surface area contributed by atoms with Crippen LogP contribution in [0.2, 0.25) is 0 Å². The molecule has 0 atom stereocenters. The molecule has 2 aromatic rings. The molecule has 3 N–H and O–H groups in total. The third kappa shape index (κ3) is 3.87. The summed E-state index contributed by atoms with van der Waals surface area (Å²) in [6.07, 6.45) is 2.00. The van der Waals surface area contributed by atoms with Gasteiger partial charge in [-0.05, 0) is 36.6 Å².